The molecule has 2 heteroatoms. The van der Waals surface area contributed by atoms with E-state index < -0.39 is 0 Å². The fourth-order valence-electron chi connectivity index (χ4n) is 1.32. The van der Waals surface area contributed by atoms with Crippen LogP contribution in [0.2, 0.25) is 0 Å². The van der Waals surface area contributed by atoms with Gasteiger partial charge in [-0.05, 0) is 43.0 Å². The highest BCUT2D eigenvalue weighted by molar-refractivity contribution is 5.23. The minimum atomic E-state index is 0.762. The SMILES string of the molecule is CCc1ccncc1CCCN. The van der Waals surface area contributed by atoms with E-state index in [9.17, 15) is 0 Å². The molecule has 0 aliphatic carbocycles. The number of nitrogens with zero attached hydrogens (tertiary/aromatic N) is 1. The third-order valence-electron chi connectivity index (χ3n) is 2.04. The molecule has 0 spiro atoms. The van der Waals surface area contributed by atoms with Crippen molar-refractivity contribution in [2.45, 2.75) is 26.2 Å². The molecule has 1 rings (SSSR count). The molecule has 0 saturated carbocycles. The molecule has 0 aromatic carbocycles. The smallest absolute Gasteiger partial charge is 0.0302 e. The Bertz CT molecular complexity index is 233. The predicted molar refractivity (Wildman–Crippen MR) is 51.0 cm³/mol. The van der Waals surface area contributed by atoms with Crippen LogP contribution >= 0.6 is 0 Å². The average Bonchev–Trinajstić information content (AvgIpc) is 2.15. The summed E-state index contributed by atoms with van der Waals surface area (Å²) in [5.74, 6) is 0. The molecule has 0 amide bonds. The zero-order valence-corrected chi connectivity index (χ0v) is 7.59. The lowest BCUT2D eigenvalue weighted by atomic mass is 10.0. The van der Waals surface area contributed by atoms with Crippen molar-refractivity contribution in [1.82, 2.24) is 4.98 Å². The summed E-state index contributed by atoms with van der Waals surface area (Å²) in [6.07, 6.45) is 7.01. The molecule has 0 aliphatic heterocycles. The van der Waals surface area contributed by atoms with Gasteiger partial charge in [0.05, 0.1) is 0 Å². The number of pyridine rings is 1. The summed E-state index contributed by atoms with van der Waals surface area (Å²) in [5.41, 5.74) is 8.20. The Labute approximate surface area is 73.8 Å². The molecule has 1 aromatic rings. The number of hydrogen-bond donors (Lipinski definition) is 1. The zero-order chi connectivity index (χ0) is 8.81. The molecule has 0 fully saturated rings. The molecule has 1 aromatic heterocycles. The van der Waals surface area contributed by atoms with Gasteiger partial charge >= 0.3 is 0 Å². The van der Waals surface area contributed by atoms with Crippen LogP contribution in [0.1, 0.15) is 24.5 Å². The van der Waals surface area contributed by atoms with Crippen molar-refractivity contribution >= 4 is 0 Å². The molecule has 2 nitrogen and oxygen atoms in total. The fourth-order valence-corrected chi connectivity index (χ4v) is 1.32. The van der Waals surface area contributed by atoms with Crippen LogP contribution in [0.4, 0.5) is 0 Å². The Balaban J connectivity index is 2.68. The lowest BCUT2D eigenvalue weighted by Gasteiger charge is -2.04. The number of hydrogen-bond acceptors (Lipinski definition) is 2. The maximum absolute atomic E-state index is 5.45. The molecule has 2 N–H and O–H groups in total. The molecule has 0 aliphatic rings. The summed E-state index contributed by atoms with van der Waals surface area (Å²) in [6, 6.07) is 2.09. The Morgan fingerprint density at radius 2 is 2.25 bits per heavy atom. The highest BCUT2D eigenvalue weighted by Gasteiger charge is 1.98. The van der Waals surface area contributed by atoms with Crippen LogP contribution in [0.15, 0.2) is 18.5 Å². The Kier molecular flexibility index (Phi) is 3.74. The number of nitrogens with two attached hydrogens (primary N) is 1. The largest absolute Gasteiger partial charge is 0.330 e. The van der Waals surface area contributed by atoms with Gasteiger partial charge < -0.3 is 5.73 Å². The number of aryl methyl sites for hydroxylation is 2. The normalized spacial score (nSPS) is 10.2. The van der Waals surface area contributed by atoms with Crippen LogP contribution < -0.4 is 5.73 Å². The third-order valence-corrected chi connectivity index (χ3v) is 2.04. The van der Waals surface area contributed by atoms with Crippen molar-refractivity contribution < 1.29 is 0 Å². The van der Waals surface area contributed by atoms with Gasteiger partial charge in [-0.25, -0.2) is 0 Å². The van der Waals surface area contributed by atoms with E-state index in [1.807, 2.05) is 12.4 Å². The van der Waals surface area contributed by atoms with Crippen LogP contribution in [-0.2, 0) is 12.8 Å². The van der Waals surface area contributed by atoms with Gasteiger partial charge in [0.25, 0.3) is 0 Å². The molecular formula is C10H16N2. The molecule has 1 heterocycles. The minimum absolute atomic E-state index is 0.762. The van der Waals surface area contributed by atoms with E-state index in [0.717, 1.165) is 25.8 Å². The van der Waals surface area contributed by atoms with E-state index in [-0.39, 0.29) is 0 Å². The zero-order valence-electron chi connectivity index (χ0n) is 7.59. The molecule has 0 saturated heterocycles. The maximum Gasteiger partial charge on any atom is 0.0302 e. The van der Waals surface area contributed by atoms with Crippen molar-refractivity contribution in [3.63, 3.8) is 0 Å². The van der Waals surface area contributed by atoms with Gasteiger partial charge in [0, 0.05) is 12.4 Å². The quantitative estimate of drug-likeness (QED) is 0.733. The summed E-state index contributed by atoms with van der Waals surface area (Å²) in [6.45, 7) is 2.93. The fraction of sp³-hybridized carbons (Fsp3) is 0.500. The monoisotopic (exact) mass is 164 g/mol. The molecule has 0 bridgehead atoms. The van der Waals surface area contributed by atoms with Crippen LogP contribution in [0.25, 0.3) is 0 Å². The summed E-state index contributed by atoms with van der Waals surface area (Å²) >= 11 is 0. The van der Waals surface area contributed by atoms with Crippen molar-refractivity contribution in [1.29, 1.82) is 0 Å². The lowest BCUT2D eigenvalue weighted by Crippen LogP contribution is -2.02. The van der Waals surface area contributed by atoms with Gasteiger partial charge in [0.15, 0.2) is 0 Å². The molecule has 0 unspecified atom stereocenters. The highest BCUT2D eigenvalue weighted by Crippen LogP contribution is 2.09. The Hall–Kier alpha value is -0.890. The summed E-state index contributed by atoms with van der Waals surface area (Å²) in [4.78, 5) is 4.11. The van der Waals surface area contributed by atoms with Gasteiger partial charge in [-0.15, -0.1) is 0 Å². The van der Waals surface area contributed by atoms with Crippen molar-refractivity contribution in [2.24, 2.45) is 5.73 Å². The Morgan fingerprint density at radius 1 is 1.42 bits per heavy atom. The minimum Gasteiger partial charge on any atom is -0.330 e. The van der Waals surface area contributed by atoms with Crippen molar-refractivity contribution in [3.05, 3.63) is 29.6 Å². The molecular weight excluding hydrogens is 148 g/mol. The predicted octanol–water partition coefficient (Wildman–Crippen LogP) is 1.54. The van der Waals surface area contributed by atoms with E-state index in [1.54, 1.807) is 0 Å². The maximum atomic E-state index is 5.45. The van der Waals surface area contributed by atoms with Crippen LogP contribution in [0.3, 0.4) is 0 Å². The third kappa shape index (κ3) is 2.31. The molecule has 66 valence electrons. The molecule has 0 atom stereocenters. The lowest BCUT2D eigenvalue weighted by molar-refractivity contribution is 0.817. The number of rotatable bonds is 4. The average molecular weight is 164 g/mol. The second-order valence-corrected chi connectivity index (χ2v) is 2.89. The second kappa shape index (κ2) is 4.88. The first-order valence-corrected chi connectivity index (χ1v) is 4.50. The first kappa shape index (κ1) is 9.20. The van der Waals surface area contributed by atoms with E-state index in [2.05, 4.69) is 18.0 Å². The summed E-state index contributed by atoms with van der Waals surface area (Å²) in [7, 11) is 0. The van der Waals surface area contributed by atoms with Gasteiger partial charge in [0.2, 0.25) is 0 Å². The summed E-state index contributed by atoms with van der Waals surface area (Å²) < 4.78 is 0. The van der Waals surface area contributed by atoms with Crippen LogP contribution in [-0.4, -0.2) is 11.5 Å². The molecule has 0 radical (unpaired) electrons. The first-order chi connectivity index (χ1) is 5.88. The van der Waals surface area contributed by atoms with E-state index in [4.69, 9.17) is 5.73 Å². The van der Waals surface area contributed by atoms with Gasteiger partial charge in [0.1, 0.15) is 0 Å². The van der Waals surface area contributed by atoms with Crippen LogP contribution in [0, 0.1) is 0 Å². The van der Waals surface area contributed by atoms with Crippen molar-refractivity contribution in [2.75, 3.05) is 6.54 Å². The highest BCUT2D eigenvalue weighted by atomic mass is 14.6. The summed E-state index contributed by atoms with van der Waals surface area (Å²) in [5, 5.41) is 0. The van der Waals surface area contributed by atoms with Gasteiger partial charge in [-0.2, -0.15) is 0 Å². The van der Waals surface area contributed by atoms with Crippen molar-refractivity contribution in [3.8, 4) is 0 Å². The van der Waals surface area contributed by atoms with Gasteiger partial charge in [-0.1, -0.05) is 6.92 Å². The standard InChI is InChI=1S/C10H16N2/c1-2-9-5-7-12-8-10(9)4-3-6-11/h5,7-8H,2-4,6,11H2,1H3. The van der Waals surface area contributed by atoms with E-state index >= 15 is 0 Å². The molecule has 12 heavy (non-hydrogen) atoms. The van der Waals surface area contributed by atoms with E-state index in [1.165, 1.54) is 11.1 Å². The first-order valence-electron chi connectivity index (χ1n) is 4.50. The Morgan fingerprint density at radius 3 is 2.92 bits per heavy atom. The topological polar surface area (TPSA) is 38.9 Å². The van der Waals surface area contributed by atoms with Crippen LogP contribution in [0.5, 0.6) is 0 Å². The van der Waals surface area contributed by atoms with E-state index in [0.29, 0.717) is 0 Å². The van der Waals surface area contributed by atoms with Gasteiger partial charge in [-0.3, -0.25) is 4.98 Å². The number of aromatic nitrogens is 1. The second-order valence-electron chi connectivity index (χ2n) is 2.89.